The average molecular weight is 636 g/mol. The first-order chi connectivity index (χ1) is 20.8. The van der Waals surface area contributed by atoms with E-state index >= 15 is 0 Å². The Kier molecular flexibility index (Phi) is 7.93. The molecule has 45 heavy (non-hydrogen) atoms. The molecule has 1 fully saturated rings. The van der Waals surface area contributed by atoms with Crippen LogP contribution < -0.4 is 0 Å². The maximum Gasteiger partial charge on any atom is 0.272 e. The molecule has 1 heterocycles. The van der Waals surface area contributed by atoms with Crippen LogP contribution in [0.15, 0.2) is 36.4 Å². The van der Waals surface area contributed by atoms with E-state index in [0.717, 1.165) is 0 Å². The predicted molar refractivity (Wildman–Crippen MR) is 140 cm³/mol. The van der Waals surface area contributed by atoms with Crippen LogP contribution in [-0.2, 0) is 4.74 Å². The van der Waals surface area contributed by atoms with E-state index < -0.39 is 122 Å². The fraction of sp³-hybridized carbons (Fsp3) is 0.222. The van der Waals surface area contributed by atoms with Crippen molar-refractivity contribution in [3.63, 3.8) is 0 Å². The Labute approximate surface area is 249 Å². The second kappa shape index (κ2) is 11.0. The average Bonchev–Trinajstić information content (AvgIpc) is 2.99. The Morgan fingerprint density at radius 2 is 0.933 bits per heavy atom. The van der Waals surface area contributed by atoms with Gasteiger partial charge in [0, 0.05) is 16.7 Å². The number of benzene rings is 3. The zero-order valence-corrected chi connectivity index (χ0v) is 22.2. The van der Waals surface area contributed by atoms with E-state index in [0.29, 0.717) is 36.4 Å². The van der Waals surface area contributed by atoms with Crippen LogP contribution in [0.1, 0.15) is 31.1 Å². The van der Waals surface area contributed by atoms with Gasteiger partial charge in [0.25, 0.3) is 5.79 Å². The molecule has 14 N–H and O–H groups in total. The van der Waals surface area contributed by atoms with Gasteiger partial charge in [-0.2, -0.15) is 0 Å². The van der Waals surface area contributed by atoms with Gasteiger partial charge in [-0.3, -0.25) is 14.4 Å². The Hall–Kier alpha value is -5.37. The maximum absolute atomic E-state index is 13.7. The molecule has 240 valence electrons. The normalized spacial score (nSPS) is 25.4. The van der Waals surface area contributed by atoms with Crippen molar-refractivity contribution in [2.75, 3.05) is 0 Å². The highest BCUT2D eigenvalue weighted by Crippen LogP contribution is 2.46. The number of carbonyl (C=O) groups excluding carboxylic acids is 3. The first-order valence-corrected chi connectivity index (χ1v) is 12.3. The maximum atomic E-state index is 13.7. The predicted octanol–water partition coefficient (Wildman–Crippen LogP) is -2.11. The van der Waals surface area contributed by atoms with Crippen molar-refractivity contribution in [1.82, 2.24) is 0 Å². The molecule has 0 aliphatic carbocycles. The van der Waals surface area contributed by atoms with E-state index in [1.54, 1.807) is 0 Å². The number of rotatable bonds is 7. The number of carbonyl (C=O) groups is 3. The summed E-state index contributed by atoms with van der Waals surface area (Å²) in [6.45, 7) is 0. The number of ether oxygens (including phenoxy) is 1. The Morgan fingerprint density at radius 1 is 0.600 bits per heavy atom. The monoisotopic (exact) mass is 636 g/mol. The molecule has 0 saturated carbocycles. The van der Waals surface area contributed by atoms with Crippen molar-refractivity contribution < 1.29 is 90.6 Å². The van der Waals surface area contributed by atoms with Crippen LogP contribution in [0.2, 0.25) is 0 Å². The molecule has 3 aromatic carbocycles. The fourth-order valence-electron chi connectivity index (χ4n) is 4.70. The number of Topliss-reactive ketones (excluding diaryl/α,β-unsaturated/α-hetero) is 3. The van der Waals surface area contributed by atoms with Crippen molar-refractivity contribution >= 4 is 17.3 Å². The molecule has 1 aliphatic heterocycles. The van der Waals surface area contributed by atoms with Gasteiger partial charge in [0.1, 0.15) is 24.4 Å². The third kappa shape index (κ3) is 4.92. The number of hydrogen-bond acceptors (Lipinski definition) is 18. The molecule has 6 atom stereocenters. The van der Waals surface area contributed by atoms with Crippen molar-refractivity contribution in [2.24, 2.45) is 0 Å². The lowest BCUT2D eigenvalue weighted by atomic mass is 9.71. The van der Waals surface area contributed by atoms with Gasteiger partial charge in [-0.25, -0.2) is 0 Å². The highest BCUT2D eigenvalue weighted by Gasteiger charge is 2.72. The summed E-state index contributed by atoms with van der Waals surface area (Å²) in [4.78, 5) is 40.3. The largest absolute Gasteiger partial charge is 0.504 e. The molecule has 18 nitrogen and oxygen atoms in total. The molecular weight excluding hydrogens is 612 g/mol. The van der Waals surface area contributed by atoms with Crippen molar-refractivity contribution in [3.05, 3.63) is 53.1 Å². The smallest absolute Gasteiger partial charge is 0.272 e. The van der Waals surface area contributed by atoms with Crippen LogP contribution >= 0.6 is 0 Å². The van der Waals surface area contributed by atoms with Gasteiger partial charge < -0.3 is 76.2 Å². The van der Waals surface area contributed by atoms with Crippen LogP contribution in [0.4, 0.5) is 0 Å². The van der Waals surface area contributed by atoms with Gasteiger partial charge in [-0.1, -0.05) is 0 Å². The summed E-state index contributed by atoms with van der Waals surface area (Å²) in [6, 6.07) is 2.64. The Morgan fingerprint density at radius 3 is 1.31 bits per heavy atom. The SMILES string of the molecule is O=C(c1cc(O)c(O)c(O)c1)C(O)[C@H]1OC(O)(C(=O)c2cc(O)c(O)c(O)c2)[C@@](O)(C(=O)c2cc(O)c(O)c(O)c2)[C@@H](O)[C@@H]1O. The Balaban J connectivity index is 1.90. The molecule has 0 amide bonds. The summed E-state index contributed by atoms with van der Waals surface area (Å²) >= 11 is 0. The van der Waals surface area contributed by atoms with Crippen molar-refractivity contribution in [2.45, 2.75) is 35.8 Å². The van der Waals surface area contributed by atoms with Crippen LogP contribution in [0, 0.1) is 0 Å². The standard InChI is InChI=1S/C27H24O18/c28-10-1-7(2-11(29)17(10)35)16(34)20(38)22-21(39)25(42)26(43,23(40)8-3-12(30)18(36)13(31)4-8)27(44,45-22)24(41)9-5-14(32)19(37)15(33)6-9/h1-6,20-22,25,28-33,35-39,42-44H/t20?,21-,22-,25+,26-,27?/m1/s1. The molecule has 1 saturated heterocycles. The minimum Gasteiger partial charge on any atom is -0.504 e. The second-order valence-electron chi connectivity index (χ2n) is 9.98. The van der Waals surface area contributed by atoms with E-state index in [2.05, 4.69) is 0 Å². The van der Waals surface area contributed by atoms with Gasteiger partial charge in [0.05, 0.1) is 0 Å². The van der Waals surface area contributed by atoms with Crippen molar-refractivity contribution in [1.29, 1.82) is 0 Å². The highest BCUT2D eigenvalue weighted by atomic mass is 16.7. The van der Waals surface area contributed by atoms with Gasteiger partial charge >= 0.3 is 0 Å². The quantitative estimate of drug-likeness (QED) is 0.0973. The summed E-state index contributed by atoms with van der Waals surface area (Å²) < 4.78 is 5.09. The number of ketones is 3. The van der Waals surface area contributed by atoms with E-state index in [9.17, 15) is 85.9 Å². The van der Waals surface area contributed by atoms with E-state index in [1.165, 1.54) is 0 Å². The summed E-state index contributed by atoms with van der Waals surface area (Å²) in [5.41, 5.74) is -6.95. The van der Waals surface area contributed by atoms with Crippen LogP contribution in [-0.4, -0.2) is 125 Å². The van der Waals surface area contributed by atoms with Crippen LogP contribution in [0.3, 0.4) is 0 Å². The molecule has 18 heteroatoms. The van der Waals surface area contributed by atoms with Crippen LogP contribution in [0.25, 0.3) is 0 Å². The summed E-state index contributed by atoms with van der Waals surface area (Å²) in [5, 5.41) is 144. The number of hydrogen-bond donors (Lipinski definition) is 14. The van der Waals surface area contributed by atoms with Gasteiger partial charge in [0.15, 0.2) is 57.5 Å². The van der Waals surface area contributed by atoms with Crippen LogP contribution in [0.5, 0.6) is 51.7 Å². The number of aromatic hydroxyl groups is 9. The lowest BCUT2D eigenvalue weighted by molar-refractivity contribution is -0.349. The highest BCUT2D eigenvalue weighted by molar-refractivity contribution is 6.12. The number of phenols is 9. The molecule has 0 aromatic heterocycles. The van der Waals surface area contributed by atoms with Gasteiger partial charge in [-0.15, -0.1) is 0 Å². The fourth-order valence-corrected chi connectivity index (χ4v) is 4.70. The molecule has 0 radical (unpaired) electrons. The second-order valence-corrected chi connectivity index (χ2v) is 9.98. The third-order valence-corrected chi connectivity index (χ3v) is 7.16. The number of phenolic OH excluding ortho intramolecular Hbond substituents is 9. The lowest BCUT2D eigenvalue weighted by Gasteiger charge is -2.51. The molecule has 1 aliphatic rings. The molecule has 4 rings (SSSR count). The minimum absolute atomic E-state index is 0.387. The zero-order valence-electron chi connectivity index (χ0n) is 22.2. The van der Waals surface area contributed by atoms with Gasteiger partial charge in [-0.05, 0) is 36.4 Å². The van der Waals surface area contributed by atoms with E-state index in [4.69, 9.17) is 4.74 Å². The summed E-state index contributed by atoms with van der Waals surface area (Å²) in [7, 11) is 0. The number of aliphatic hydroxyl groups is 5. The lowest BCUT2D eigenvalue weighted by Crippen LogP contribution is -2.79. The topological polar surface area (TPSA) is 344 Å². The first kappa shape index (κ1) is 32.5. The molecule has 3 aromatic rings. The first-order valence-electron chi connectivity index (χ1n) is 12.3. The Bertz CT molecular complexity index is 1660. The molecular formula is C27H24O18. The van der Waals surface area contributed by atoms with Crippen molar-refractivity contribution in [3.8, 4) is 51.7 Å². The zero-order chi connectivity index (χ0) is 33.9. The number of aliphatic hydroxyl groups excluding tert-OH is 3. The summed E-state index contributed by atoms with van der Waals surface area (Å²) in [5.74, 6) is -20.1. The van der Waals surface area contributed by atoms with E-state index in [1.807, 2.05) is 0 Å². The minimum atomic E-state index is -4.22. The van der Waals surface area contributed by atoms with Gasteiger partial charge in [0.2, 0.25) is 17.2 Å². The summed E-state index contributed by atoms with van der Waals surface area (Å²) in [6.07, 6.45) is -11.3. The third-order valence-electron chi connectivity index (χ3n) is 7.16. The molecule has 0 bridgehead atoms. The van der Waals surface area contributed by atoms with E-state index in [-0.39, 0.29) is 0 Å². The molecule has 2 unspecified atom stereocenters. The molecule has 0 spiro atoms.